The molecular weight excluding hydrogens is 1030 g/mol. The van der Waals surface area contributed by atoms with E-state index in [0.717, 1.165) is 137 Å². The summed E-state index contributed by atoms with van der Waals surface area (Å²) in [4.78, 5) is 38.9. The molecule has 11 aromatic rings. The predicted octanol–water partition coefficient (Wildman–Crippen LogP) is 11.6. The number of unbranched alkanes of at least 4 members (excludes halogenated alkanes) is 1. The number of fused-ring (bicyclic) bond motifs is 12. The standard InChI is InChI=1S/C67H56N10O2.Mn/c1-41-51-40-77(38-30-49(51)42(2)67-62(41)50-39-48(79-6)14-15-52(50)73-67)31-8-7-9-61(78)68-47-12-10-43(11-13-47)63-53-16-18-55(69-53)64(44-24-32-74(3)33-25-44)57-20-22-59(71-57)66(46-28-36-76(5)37-29-46)60-23-21-58(72-60)65(56-19-17-54(63)70-56)45-26-34-75(4)35-27-45;/h10-30,32-40H,7-9,31H2,1-6H3;/q;+3/p+2. The summed E-state index contributed by atoms with van der Waals surface area (Å²) < 4.78 is 13.9. The molecule has 13 rings (SSSR count). The largest absolute Gasteiger partial charge is 3.00 e. The van der Waals surface area contributed by atoms with Gasteiger partial charge in [0.1, 0.15) is 33.4 Å². The molecule has 2 aliphatic heterocycles. The zero-order valence-corrected chi connectivity index (χ0v) is 46.6. The number of nitrogens with zero attached hydrogens (tertiary/aromatic N) is 8. The number of rotatable bonds is 11. The van der Waals surface area contributed by atoms with Crippen molar-refractivity contribution in [2.75, 3.05) is 12.4 Å². The number of hydrogen-bond acceptors (Lipinski definition) is 4. The summed E-state index contributed by atoms with van der Waals surface area (Å²) in [5.41, 5.74) is 19.3. The van der Waals surface area contributed by atoms with E-state index in [2.05, 4.69) is 157 Å². The Morgan fingerprint density at radius 2 is 1.02 bits per heavy atom. The molecule has 13 heteroatoms. The van der Waals surface area contributed by atoms with Crippen LogP contribution in [0.3, 0.4) is 0 Å². The third kappa shape index (κ3) is 9.54. The number of anilines is 1. The molecule has 10 heterocycles. The third-order valence-electron chi connectivity index (χ3n) is 15.5. The molecule has 0 spiro atoms. The smallest absolute Gasteiger partial charge is 0.657 e. The van der Waals surface area contributed by atoms with E-state index >= 15 is 0 Å². The topological polar surface area (TPSA) is 124 Å². The van der Waals surface area contributed by atoms with Crippen LogP contribution in [-0.2, 0) is 49.6 Å². The molecule has 0 fully saturated rings. The normalized spacial score (nSPS) is 11.9. The summed E-state index contributed by atoms with van der Waals surface area (Å²) >= 11 is 0. The number of amides is 1. The second-order valence-corrected chi connectivity index (χ2v) is 20.7. The average Bonchev–Trinajstić information content (AvgIpc) is 4.37. The van der Waals surface area contributed by atoms with Gasteiger partial charge in [-0.2, -0.15) is 0 Å². The van der Waals surface area contributed by atoms with E-state index < -0.39 is 0 Å². The molecular formula is C67H58MnN10O2+5. The minimum Gasteiger partial charge on any atom is -0.657 e. The van der Waals surface area contributed by atoms with Crippen LogP contribution in [-0.4, -0.2) is 28.0 Å². The fourth-order valence-corrected chi connectivity index (χ4v) is 11.3. The second kappa shape index (κ2) is 21.2. The van der Waals surface area contributed by atoms with Gasteiger partial charge in [0.05, 0.1) is 35.4 Å². The molecule has 0 atom stereocenters. The minimum atomic E-state index is -0.0202. The summed E-state index contributed by atoms with van der Waals surface area (Å²) in [6, 6.07) is 37.5. The van der Waals surface area contributed by atoms with Gasteiger partial charge < -0.3 is 25.0 Å². The van der Waals surface area contributed by atoms with Crippen LogP contribution in [0.5, 0.6) is 5.75 Å². The van der Waals surface area contributed by atoms with Gasteiger partial charge in [0, 0.05) is 82.7 Å². The molecule has 2 aliphatic rings. The minimum absolute atomic E-state index is 0. The van der Waals surface area contributed by atoms with Crippen LogP contribution < -0.4 is 38.3 Å². The first-order valence-corrected chi connectivity index (χ1v) is 26.8. The Bertz CT molecular complexity index is 4450. The number of pyridine rings is 4. The number of hydrogen-bond donors (Lipinski definition) is 2. The van der Waals surface area contributed by atoms with Gasteiger partial charge in [0.15, 0.2) is 49.6 Å². The molecule has 0 saturated carbocycles. The molecule has 12 nitrogen and oxygen atoms in total. The van der Waals surface area contributed by atoms with Gasteiger partial charge in [-0.05, 0) is 136 Å². The molecule has 0 aliphatic carbocycles. The molecule has 80 heavy (non-hydrogen) atoms. The van der Waals surface area contributed by atoms with Crippen LogP contribution in [0.4, 0.5) is 5.69 Å². The number of carbonyl (C=O) groups excluding carboxylic acids is 1. The molecule has 0 saturated heterocycles. The first kappa shape index (κ1) is 51.5. The fourth-order valence-electron chi connectivity index (χ4n) is 11.3. The van der Waals surface area contributed by atoms with E-state index in [1.807, 2.05) is 90.0 Å². The van der Waals surface area contributed by atoms with E-state index in [9.17, 15) is 4.79 Å². The van der Waals surface area contributed by atoms with Gasteiger partial charge >= 0.3 is 17.1 Å². The van der Waals surface area contributed by atoms with Crippen molar-refractivity contribution in [3.8, 4) is 50.3 Å². The van der Waals surface area contributed by atoms with E-state index in [0.29, 0.717) is 6.42 Å². The van der Waals surface area contributed by atoms with E-state index in [1.54, 1.807) is 7.11 Å². The van der Waals surface area contributed by atoms with Gasteiger partial charge in [-0.3, -0.25) is 4.79 Å². The zero-order valence-electron chi connectivity index (χ0n) is 45.4. The Morgan fingerprint density at radius 3 is 1.50 bits per heavy atom. The molecule has 0 radical (unpaired) electrons. The number of benzene rings is 3. The van der Waals surface area contributed by atoms with Crippen LogP contribution in [0.25, 0.3) is 123 Å². The maximum absolute atomic E-state index is 13.5. The van der Waals surface area contributed by atoms with Gasteiger partial charge in [-0.25, -0.2) is 28.2 Å². The van der Waals surface area contributed by atoms with E-state index in [-0.39, 0.29) is 23.0 Å². The number of aryl methyl sites for hydroxylation is 6. The third-order valence-corrected chi connectivity index (χ3v) is 15.5. The number of aromatic nitrogens is 9. The quantitative estimate of drug-likeness (QED) is 0.0755. The molecule has 1 amide bonds. The van der Waals surface area contributed by atoms with Crippen molar-refractivity contribution in [1.29, 1.82) is 0 Å². The Morgan fingerprint density at radius 1 is 0.550 bits per heavy atom. The Labute approximate surface area is 473 Å². The number of H-pyrrole nitrogens is 1. The van der Waals surface area contributed by atoms with Crippen LogP contribution in [0.15, 0.2) is 159 Å². The molecule has 0 unspecified atom stereocenters. The number of aromatic amines is 1. The number of ether oxygens (including phenoxy) is 1. The maximum Gasteiger partial charge on any atom is 3.00 e. The number of carbonyl (C=O) groups is 1. The summed E-state index contributed by atoms with van der Waals surface area (Å²) in [6.07, 6.45) is 27.1. The van der Waals surface area contributed by atoms with E-state index in [1.165, 1.54) is 27.3 Å². The van der Waals surface area contributed by atoms with Gasteiger partial charge in [-0.15, -0.1) is 22.1 Å². The van der Waals surface area contributed by atoms with Gasteiger partial charge in [-0.1, -0.05) is 36.4 Å². The fraction of sp³-hybridized carbons (Fsp3) is 0.149. The summed E-state index contributed by atoms with van der Waals surface area (Å²) in [5.74, 6) is 0.823. The van der Waals surface area contributed by atoms with Crippen LogP contribution in [0.2, 0.25) is 0 Å². The number of nitrogens with one attached hydrogen (secondary N) is 2. The summed E-state index contributed by atoms with van der Waals surface area (Å²) in [7, 11) is 7.76. The Kier molecular flexibility index (Phi) is 13.6. The Balaban J connectivity index is 0.00000637. The monoisotopic (exact) mass is 1090 g/mol. The second-order valence-electron chi connectivity index (χ2n) is 20.7. The van der Waals surface area contributed by atoms with Crippen molar-refractivity contribution in [2.24, 2.45) is 21.1 Å². The van der Waals surface area contributed by atoms with Crippen LogP contribution in [0.1, 0.15) is 53.2 Å². The molecule has 8 bridgehead atoms. The summed E-state index contributed by atoms with van der Waals surface area (Å²) in [6.45, 7) is 5.20. The van der Waals surface area contributed by atoms with Crippen molar-refractivity contribution < 1.29 is 44.9 Å². The SMILES string of the molecule is COc1ccc2[nH]c3c(C)c4cc[n+](CCCCC(=O)Nc5ccc(-c6c7nc(c(-c8cc[n+](C)cc8)c8ccc([n-]8)c(-c8cc[n+](C)cc8)c8nc(c(-c9cc[n+](C)cc9)c9ccc6[n-]9)C=C8)C=C7)cc5)cc4c(C)c3c2c1.[Mn+3]. The maximum atomic E-state index is 13.5. The van der Waals surface area contributed by atoms with Crippen molar-refractivity contribution >= 4 is 90.5 Å². The van der Waals surface area contributed by atoms with Crippen LogP contribution >= 0.6 is 0 Å². The van der Waals surface area contributed by atoms with Gasteiger partial charge in [0.25, 0.3) is 0 Å². The van der Waals surface area contributed by atoms with E-state index in [4.69, 9.17) is 24.7 Å². The summed E-state index contributed by atoms with van der Waals surface area (Å²) in [5, 5.41) is 8.03. The molecule has 3 aromatic carbocycles. The average molecular weight is 1090 g/mol. The van der Waals surface area contributed by atoms with Gasteiger partial charge in [0.2, 0.25) is 5.91 Å². The molecule has 390 valence electrons. The molecule has 8 aromatic heterocycles. The predicted molar refractivity (Wildman–Crippen MR) is 314 cm³/mol. The first-order valence-electron chi connectivity index (χ1n) is 26.8. The zero-order chi connectivity index (χ0) is 53.9. The first-order chi connectivity index (χ1) is 38.5. The van der Waals surface area contributed by atoms with Crippen molar-refractivity contribution in [1.82, 2.24) is 24.9 Å². The molecule has 2 N–H and O–H groups in total. The van der Waals surface area contributed by atoms with Crippen LogP contribution in [0, 0.1) is 13.8 Å². The van der Waals surface area contributed by atoms with Crippen molar-refractivity contribution in [3.63, 3.8) is 0 Å². The van der Waals surface area contributed by atoms with Crippen molar-refractivity contribution in [3.05, 3.63) is 193 Å². The van der Waals surface area contributed by atoms with Crippen molar-refractivity contribution in [2.45, 2.75) is 39.7 Å². The Hall–Kier alpha value is -9.29. The number of methoxy groups -OCH3 is 1.